The fourth-order valence-electron chi connectivity index (χ4n) is 2.77. The molecule has 8 heteroatoms. The summed E-state index contributed by atoms with van der Waals surface area (Å²) >= 11 is 5.34. The van der Waals surface area contributed by atoms with E-state index < -0.39 is 17.1 Å². The SMILES string of the molecule is O=C(Cl)c1cc2nc(-c3ccc4ccccc4c3)cc(C(F)(F)F)n2n1. The van der Waals surface area contributed by atoms with Crippen LogP contribution in [-0.4, -0.2) is 19.8 Å². The predicted molar refractivity (Wildman–Crippen MR) is 91.1 cm³/mol. The van der Waals surface area contributed by atoms with Crippen molar-refractivity contribution >= 4 is 33.3 Å². The fourth-order valence-corrected chi connectivity index (χ4v) is 2.86. The summed E-state index contributed by atoms with van der Waals surface area (Å²) in [6, 6.07) is 14.8. The molecule has 4 aromatic rings. The van der Waals surface area contributed by atoms with E-state index in [-0.39, 0.29) is 17.0 Å². The van der Waals surface area contributed by atoms with Crippen molar-refractivity contribution in [1.29, 1.82) is 0 Å². The van der Waals surface area contributed by atoms with Gasteiger partial charge in [-0.3, -0.25) is 4.79 Å². The lowest BCUT2D eigenvalue weighted by atomic mass is 10.0. The highest BCUT2D eigenvalue weighted by molar-refractivity contribution is 6.67. The molecular formula is C18H9ClF3N3O. The van der Waals surface area contributed by atoms with Crippen LogP contribution in [0.5, 0.6) is 0 Å². The van der Waals surface area contributed by atoms with E-state index in [0.29, 0.717) is 10.1 Å². The number of carbonyl (C=O) groups is 1. The van der Waals surface area contributed by atoms with E-state index in [1.54, 1.807) is 12.1 Å². The van der Waals surface area contributed by atoms with E-state index in [0.717, 1.165) is 22.9 Å². The van der Waals surface area contributed by atoms with Gasteiger partial charge in [-0.2, -0.15) is 18.3 Å². The Hall–Kier alpha value is -2.93. The fraction of sp³-hybridized carbons (Fsp3) is 0.0556. The maximum Gasteiger partial charge on any atom is 0.433 e. The van der Waals surface area contributed by atoms with Gasteiger partial charge in [0.1, 0.15) is 5.69 Å². The molecule has 130 valence electrons. The standard InChI is InChI=1S/C18H9ClF3N3O/c19-17(26)14-9-16-23-13(8-15(18(20,21)22)25(16)24-14)12-6-5-10-3-1-2-4-11(10)7-12/h1-9H. The normalized spacial score (nSPS) is 12.0. The molecule has 0 amide bonds. The highest BCUT2D eigenvalue weighted by atomic mass is 35.5. The van der Waals surface area contributed by atoms with Gasteiger partial charge >= 0.3 is 6.18 Å². The third kappa shape index (κ3) is 2.80. The van der Waals surface area contributed by atoms with Crippen LogP contribution in [0.3, 0.4) is 0 Å². The summed E-state index contributed by atoms with van der Waals surface area (Å²) in [5.74, 6) is 0. The molecule has 0 aliphatic heterocycles. The average molecular weight is 376 g/mol. The van der Waals surface area contributed by atoms with E-state index in [4.69, 9.17) is 11.6 Å². The molecule has 2 aromatic heterocycles. The molecule has 0 unspecified atom stereocenters. The number of benzene rings is 2. The number of nitrogens with zero attached hydrogens (tertiary/aromatic N) is 3. The largest absolute Gasteiger partial charge is 0.433 e. The molecule has 0 saturated carbocycles. The Balaban J connectivity index is 1.98. The van der Waals surface area contributed by atoms with Crippen molar-refractivity contribution in [1.82, 2.24) is 14.6 Å². The molecule has 0 aliphatic carbocycles. The first-order valence-corrected chi connectivity index (χ1v) is 7.88. The first-order chi connectivity index (χ1) is 12.3. The summed E-state index contributed by atoms with van der Waals surface area (Å²) < 4.78 is 41.0. The first kappa shape index (κ1) is 16.5. The third-order valence-corrected chi connectivity index (χ3v) is 4.16. The van der Waals surface area contributed by atoms with Crippen LogP contribution < -0.4 is 0 Å². The van der Waals surface area contributed by atoms with Crippen molar-refractivity contribution in [2.45, 2.75) is 6.18 Å². The molecule has 0 N–H and O–H groups in total. The van der Waals surface area contributed by atoms with Gasteiger partial charge < -0.3 is 0 Å². The average Bonchev–Trinajstić information content (AvgIpc) is 3.04. The lowest BCUT2D eigenvalue weighted by molar-refractivity contribution is -0.142. The first-order valence-electron chi connectivity index (χ1n) is 7.50. The number of carbonyl (C=O) groups excluding carboxylic acids is 1. The van der Waals surface area contributed by atoms with Gasteiger partial charge in [0.05, 0.1) is 5.69 Å². The van der Waals surface area contributed by atoms with Gasteiger partial charge in [-0.25, -0.2) is 9.50 Å². The van der Waals surface area contributed by atoms with Crippen molar-refractivity contribution in [3.8, 4) is 11.3 Å². The van der Waals surface area contributed by atoms with Crippen molar-refractivity contribution in [3.05, 3.63) is 66.0 Å². The molecule has 0 radical (unpaired) electrons. The summed E-state index contributed by atoms with van der Waals surface area (Å²) in [5, 5.41) is 4.51. The van der Waals surface area contributed by atoms with Gasteiger partial charge in [0, 0.05) is 11.6 Å². The van der Waals surface area contributed by atoms with Crippen molar-refractivity contribution in [2.75, 3.05) is 0 Å². The van der Waals surface area contributed by atoms with Gasteiger partial charge in [0.15, 0.2) is 11.3 Å². The van der Waals surface area contributed by atoms with Crippen LogP contribution in [0, 0.1) is 0 Å². The lowest BCUT2D eigenvalue weighted by Crippen LogP contribution is -2.14. The molecule has 4 rings (SSSR count). The van der Waals surface area contributed by atoms with Gasteiger partial charge in [-0.05, 0) is 34.5 Å². The maximum atomic E-state index is 13.5. The van der Waals surface area contributed by atoms with Gasteiger partial charge in [0.2, 0.25) is 0 Å². The molecule has 2 aromatic carbocycles. The molecule has 0 aliphatic rings. The Labute approximate surface area is 149 Å². The highest BCUT2D eigenvalue weighted by Gasteiger charge is 2.35. The molecular weight excluding hydrogens is 367 g/mol. The van der Waals surface area contributed by atoms with Gasteiger partial charge in [-0.15, -0.1) is 0 Å². The molecule has 0 bridgehead atoms. The van der Waals surface area contributed by atoms with E-state index in [9.17, 15) is 18.0 Å². The maximum absolute atomic E-state index is 13.5. The van der Waals surface area contributed by atoms with Crippen molar-refractivity contribution in [3.63, 3.8) is 0 Å². The van der Waals surface area contributed by atoms with Gasteiger partial charge in [-0.1, -0.05) is 36.4 Å². The van der Waals surface area contributed by atoms with Crippen LogP contribution in [0.2, 0.25) is 0 Å². The predicted octanol–water partition coefficient (Wildman–Crippen LogP) is 4.95. The minimum atomic E-state index is -4.68. The highest BCUT2D eigenvalue weighted by Crippen LogP contribution is 2.33. The number of hydrogen-bond acceptors (Lipinski definition) is 3. The Morgan fingerprint density at radius 3 is 2.42 bits per heavy atom. The van der Waals surface area contributed by atoms with Crippen molar-refractivity contribution in [2.24, 2.45) is 0 Å². The molecule has 2 heterocycles. The Morgan fingerprint density at radius 1 is 1.00 bits per heavy atom. The molecule has 0 saturated heterocycles. The number of alkyl halides is 3. The monoisotopic (exact) mass is 375 g/mol. The van der Waals surface area contributed by atoms with E-state index in [1.807, 2.05) is 30.3 Å². The number of fused-ring (bicyclic) bond motifs is 2. The Bertz CT molecular complexity index is 1170. The number of halogens is 4. The number of rotatable bonds is 2. The molecule has 26 heavy (non-hydrogen) atoms. The lowest BCUT2D eigenvalue weighted by Gasteiger charge is -2.11. The van der Waals surface area contributed by atoms with Crippen LogP contribution in [-0.2, 0) is 6.18 Å². The summed E-state index contributed by atoms with van der Waals surface area (Å²) in [6.07, 6.45) is -4.68. The third-order valence-electron chi connectivity index (χ3n) is 3.96. The number of hydrogen-bond donors (Lipinski definition) is 0. The topological polar surface area (TPSA) is 47.3 Å². The number of aromatic nitrogens is 3. The van der Waals surface area contributed by atoms with E-state index >= 15 is 0 Å². The zero-order valence-electron chi connectivity index (χ0n) is 13.0. The summed E-state index contributed by atoms with van der Waals surface area (Å²) in [6.45, 7) is 0. The van der Waals surface area contributed by atoms with Crippen LogP contribution in [0.1, 0.15) is 16.2 Å². The van der Waals surface area contributed by atoms with Crippen LogP contribution in [0.15, 0.2) is 54.6 Å². The summed E-state index contributed by atoms with van der Waals surface area (Å²) in [7, 11) is 0. The molecule has 4 nitrogen and oxygen atoms in total. The zero-order valence-corrected chi connectivity index (χ0v) is 13.7. The second-order valence-electron chi connectivity index (χ2n) is 5.66. The minimum Gasteiger partial charge on any atom is -0.274 e. The summed E-state index contributed by atoms with van der Waals surface area (Å²) in [4.78, 5) is 15.5. The summed E-state index contributed by atoms with van der Waals surface area (Å²) in [5.41, 5.74) is -0.775. The van der Waals surface area contributed by atoms with E-state index in [2.05, 4.69) is 10.1 Å². The van der Waals surface area contributed by atoms with E-state index in [1.165, 1.54) is 0 Å². The van der Waals surface area contributed by atoms with Crippen LogP contribution in [0.4, 0.5) is 13.2 Å². The molecule has 0 spiro atoms. The van der Waals surface area contributed by atoms with Crippen LogP contribution >= 0.6 is 11.6 Å². The quantitative estimate of drug-likeness (QED) is 0.466. The Kier molecular flexibility index (Phi) is 3.69. The second kappa shape index (κ2) is 5.81. The second-order valence-corrected chi connectivity index (χ2v) is 6.00. The molecule has 0 fully saturated rings. The Morgan fingerprint density at radius 2 is 1.73 bits per heavy atom. The molecule has 0 atom stereocenters. The smallest absolute Gasteiger partial charge is 0.274 e. The van der Waals surface area contributed by atoms with Crippen LogP contribution in [0.25, 0.3) is 27.7 Å². The van der Waals surface area contributed by atoms with Crippen molar-refractivity contribution < 1.29 is 18.0 Å². The minimum absolute atomic E-state index is 0.105. The zero-order chi connectivity index (χ0) is 18.5. The van der Waals surface area contributed by atoms with Gasteiger partial charge in [0.25, 0.3) is 5.24 Å².